The first-order valence-electron chi connectivity index (χ1n) is 5.85. The van der Waals surface area contributed by atoms with Crippen LogP contribution in [0.15, 0.2) is 40.2 Å². The van der Waals surface area contributed by atoms with Crippen molar-refractivity contribution in [3.8, 4) is 0 Å². The summed E-state index contributed by atoms with van der Waals surface area (Å²) < 4.78 is 1.12. The lowest BCUT2D eigenvalue weighted by atomic mass is 10.1. The number of likely N-dealkylation sites (N-methyl/N-ethyl adjacent to an activating group) is 1. The first kappa shape index (κ1) is 13.6. The fourth-order valence-corrected chi connectivity index (χ4v) is 3.53. The van der Waals surface area contributed by atoms with E-state index in [4.69, 9.17) is 5.73 Å². The summed E-state index contributed by atoms with van der Waals surface area (Å²) in [5.41, 5.74) is 8.40. The standard InChI is InChI=1S/C14H17BrN2S/c1-10-3-5-12(6-4-10)17(2)13(8-16)14-7-11(15)9-18-14/h3-7,9,13H,8,16H2,1-2H3. The van der Waals surface area contributed by atoms with E-state index in [0.717, 1.165) is 4.47 Å². The fourth-order valence-electron chi connectivity index (χ4n) is 1.93. The summed E-state index contributed by atoms with van der Waals surface area (Å²) in [7, 11) is 2.09. The minimum Gasteiger partial charge on any atom is -0.365 e. The van der Waals surface area contributed by atoms with Gasteiger partial charge in [-0.3, -0.25) is 0 Å². The molecule has 96 valence electrons. The molecule has 0 spiro atoms. The Hall–Kier alpha value is -0.840. The number of hydrogen-bond donors (Lipinski definition) is 1. The van der Waals surface area contributed by atoms with Crippen molar-refractivity contribution < 1.29 is 0 Å². The predicted octanol–water partition coefficient (Wildman–Crippen LogP) is 3.96. The Kier molecular flexibility index (Phi) is 4.43. The van der Waals surface area contributed by atoms with Gasteiger partial charge in [-0.2, -0.15) is 0 Å². The van der Waals surface area contributed by atoms with Gasteiger partial charge < -0.3 is 10.6 Å². The molecule has 0 bridgehead atoms. The molecule has 1 atom stereocenters. The van der Waals surface area contributed by atoms with E-state index >= 15 is 0 Å². The first-order valence-corrected chi connectivity index (χ1v) is 7.52. The predicted molar refractivity (Wildman–Crippen MR) is 83.4 cm³/mol. The Labute approximate surface area is 121 Å². The third-order valence-corrected chi connectivity index (χ3v) is 4.84. The van der Waals surface area contributed by atoms with E-state index in [0.29, 0.717) is 6.54 Å². The van der Waals surface area contributed by atoms with Gasteiger partial charge in [-0.1, -0.05) is 17.7 Å². The van der Waals surface area contributed by atoms with E-state index in [-0.39, 0.29) is 6.04 Å². The van der Waals surface area contributed by atoms with Crippen LogP contribution in [0.1, 0.15) is 16.5 Å². The lowest BCUT2D eigenvalue weighted by Gasteiger charge is -2.28. The minimum absolute atomic E-state index is 0.226. The van der Waals surface area contributed by atoms with Gasteiger partial charge in [0.1, 0.15) is 0 Å². The lowest BCUT2D eigenvalue weighted by Crippen LogP contribution is -2.29. The van der Waals surface area contributed by atoms with Crippen molar-refractivity contribution in [2.45, 2.75) is 13.0 Å². The molecule has 0 aliphatic rings. The number of anilines is 1. The topological polar surface area (TPSA) is 29.3 Å². The van der Waals surface area contributed by atoms with Crippen molar-refractivity contribution in [2.75, 3.05) is 18.5 Å². The molecule has 0 fully saturated rings. The molecule has 0 aliphatic carbocycles. The number of benzene rings is 1. The number of halogens is 1. The van der Waals surface area contributed by atoms with Crippen molar-refractivity contribution in [1.29, 1.82) is 0 Å². The van der Waals surface area contributed by atoms with Crippen LogP contribution in [0.4, 0.5) is 5.69 Å². The zero-order valence-electron chi connectivity index (χ0n) is 10.6. The highest BCUT2D eigenvalue weighted by molar-refractivity contribution is 9.10. The second kappa shape index (κ2) is 5.87. The average Bonchev–Trinajstić information content (AvgIpc) is 2.77. The summed E-state index contributed by atoms with van der Waals surface area (Å²) >= 11 is 5.24. The largest absolute Gasteiger partial charge is 0.365 e. The van der Waals surface area contributed by atoms with Crippen LogP contribution in [0, 0.1) is 6.92 Å². The number of rotatable bonds is 4. The van der Waals surface area contributed by atoms with Crippen molar-refractivity contribution >= 4 is 33.0 Å². The van der Waals surface area contributed by atoms with E-state index < -0.39 is 0 Å². The summed E-state index contributed by atoms with van der Waals surface area (Å²) in [6, 6.07) is 10.9. The molecule has 2 nitrogen and oxygen atoms in total. The molecule has 4 heteroatoms. The van der Waals surface area contributed by atoms with Gasteiger partial charge in [0.2, 0.25) is 0 Å². The monoisotopic (exact) mass is 324 g/mol. The molecule has 1 aromatic carbocycles. The number of hydrogen-bond acceptors (Lipinski definition) is 3. The average molecular weight is 325 g/mol. The highest BCUT2D eigenvalue weighted by atomic mass is 79.9. The molecule has 2 rings (SSSR count). The van der Waals surface area contributed by atoms with Crippen LogP contribution in [0.25, 0.3) is 0 Å². The molecule has 2 N–H and O–H groups in total. The van der Waals surface area contributed by atoms with Gasteiger partial charge in [-0.25, -0.2) is 0 Å². The Bertz CT molecular complexity index is 507. The molecule has 0 saturated carbocycles. The molecule has 0 radical (unpaired) electrons. The van der Waals surface area contributed by atoms with Crippen LogP contribution in [-0.4, -0.2) is 13.6 Å². The summed E-state index contributed by atoms with van der Waals surface area (Å²) in [5, 5.41) is 2.10. The van der Waals surface area contributed by atoms with Crippen LogP contribution >= 0.6 is 27.3 Å². The molecule has 1 unspecified atom stereocenters. The molecule has 1 heterocycles. The molecule has 1 aromatic heterocycles. The van der Waals surface area contributed by atoms with E-state index in [1.54, 1.807) is 11.3 Å². The summed E-state index contributed by atoms with van der Waals surface area (Å²) in [6.45, 7) is 2.71. The van der Waals surface area contributed by atoms with Gasteiger partial charge in [0.05, 0.1) is 6.04 Å². The van der Waals surface area contributed by atoms with Crippen molar-refractivity contribution in [3.05, 3.63) is 50.6 Å². The maximum atomic E-state index is 5.93. The van der Waals surface area contributed by atoms with Gasteiger partial charge >= 0.3 is 0 Å². The van der Waals surface area contributed by atoms with Gasteiger partial charge in [0.15, 0.2) is 0 Å². The zero-order chi connectivity index (χ0) is 13.1. The van der Waals surface area contributed by atoms with Crippen LogP contribution in [0.3, 0.4) is 0 Å². The number of aryl methyl sites for hydroxylation is 1. The summed E-state index contributed by atoms with van der Waals surface area (Å²) in [4.78, 5) is 3.52. The quantitative estimate of drug-likeness (QED) is 0.922. The van der Waals surface area contributed by atoms with Crippen molar-refractivity contribution in [1.82, 2.24) is 0 Å². The Morgan fingerprint density at radius 3 is 2.50 bits per heavy atom. The molecule has 0 saturated heterocycles. The number of thiophene rings is 1. The van der Waals surface area contributed by atoms with E-state index in [9.17, 15) is 0 Å². The van der Waals surface area contributed by atoms with Crippen LogP contribution in [-0.2, 0) is 0 Å². The maximum absolute atomic E-state index is 5.93. The Morgan fingerprint density at radius 2 is 2.00 bits per heavy atom. The van der Waals surface area contributed by atoms with Crippen LogP contribution < -0.4 is 10.6 Å². The highest BCUT2D eigenvalue weighted by Crippen LogP contribution is 2.31. The van der Waals surface area contributed by atoms with Crippen LogP contribution in [0.5, 0.6) is 0 Å². The minimum atomic E-state index is 0.226. The van der Waals surface area contributed by atoms with Gasteiger partial charge in [-0.05, 0) is 41.1 Å². The van der Waals surface area contributed by atoms with Gasteiger partial charge in [0, 0.05) is 34.0 Å². The molecular weight excluding hydrogens is 308 g/mol. The Balaban J connectivity index is 2.25. The molecule has 0 amide bonds. The smallest absolute Gasteiger partial charge is 0.0754 e. The second-order valence-corrected chi connectivity index (χ2v) is 6.22. The summed E-state index contributed by atoms with van der Waals surface area (Å²) in [6.07, 6.45) is 0. The molecule has 0 aliphatic heterocycles. The third kappa shape index (κ3) is 2.94. The summed E-state index contributed by atoms with van der Waals surface area (Å²) in [5.74, 6) is 0. The lowest BCUT2D eigenvalue weighted by molar-refractivity contribution is 0.692. The zero-order valence-corrected chi connectivity index (χ0v) is 13.0. The number of nitrogens with zero attached hydrogens (tertiary/aromatic N) is 1. The van der Waals surface area contributed by atoms with Crippen molar-refractivity contribution in [3.63, 3.8) is 0 Å². The van der Waals surface area contributed by atoms with Crippen LogP contribution in [0.2, 0.25) is 0 Å². The SMILES string of the molecule is Cc1ccc(N(C)C(CN)c2cc(Br)cs2)cc1. The fraction of sp³-hybridized carbons (Fsp3) is 0.286. The maximum Gasteiger partial charge on any atom is 0.0754 e. The van der Waals surface area contributed by atoms with Gasteiger partial charge in [-0.15, -0.1) is 11.3 Å². The van der Waals surface area contributed by atoms with Crippen molar-refractivity contribution in [2.24, 2.45) is 5.73 Å². The second-order valence-electron chi connectivity index (χ2n) is 4.37. The number of nitrogens with two attached hydrogens (primary N) is 1. The Morgan fingerprint density at radius 1 is 1.33 bits per heavy atom. The first-order chi connectivity index (χ1) is 8.61. The van der Waals surface area contributed by atoms with E-state index in [1.165, 1.54) is 16.1 Å². The molecular formula is C14H17BrN2S. The highest BCUT2D eigenvalue weighted by Gasteiger charge is 2.17. The van der Waals surface area contributed by atoms with Gasteiger partial charge in [0.25, 0.3) is 0 Å². The molecule has 2 aromatic rings. The van der Waals surface area contributed by atoms with E-state index in [1.807, 2.05) is 0 Å². The van der Waals surface area contributed by atoms with E-state index in [2.05, 4.69) is 70.5 Å². The third-order valence-electron chi connectivity index (χ3n) is 3.05. The normalized spacial score (nSPS) is 12.4. The molecule has 18 heavy (non-hydrogen) atoms.